The number of carbonyl (C=O) groups excluding carboxylic acids is 1. The van der Waals surface area contributed by atoms with Crippen molar-refractivity contribution in [1.29, 1.82) is 0 Å². The number of hydrogen-bond donors (Lipinski definition) is 2. The molecule has 0 spiro atoms. The molecule has 2 rings (SSSR count). The number of aromatic hydroxyl groups is 2. The fraction of sp³-hybridized carbons (Fsp3) is 0.438. The van der Waals surface area contributed by atoms with Gasteiger partial charge in [-0.3, -0.25) is 4.79 Å². The maximum absolute atomic E-state index is 12.2. The lowest BCUT2D eigenvalue weighted by molar-refractivity contribution is 0.0607. The van der Waals surface area contributed by atoms with Gasteiger partial charge >= 0.3 is 0 Å². The number of allylic oxidation sites excluding steroid dienone is 2. The summed E-state index contributed by atoms with van der Waals surface area (Å²) in [4.78, 5) is 12.2. The fourth-order valence-electron chi connectivity index (χ4n) is 2.35. The summed E-state index contributed by atoms with van der Waals surface area (Å²) in [5.41, 5.74) is 1.19. The smallest absolute Gasteiger partial charge is 0.174 e. The van der Waals surface area contributed by atoms with Gasteiger partial charge in [0.1, 0.15) is 28.4 Å². The van der Waals surface area contributed by atoms with Crippen molar-refractivity contribution in [2.75, 3.05) is 0 Å². The highest BCUT2D eigenvalue weighted by Crippen LogP contribution is 2.44. The van der Waals surface area contributed by atoms with Crippen LogP contribution in [0.4, 0.5) is 0 Å². The Labute approximate surface area is 118 Å². The molecule has 0 atom stereocenters. The highest BCUT2D eigenvalue weighted by molar-refractivity contribution is 6.03. The van der Waals surface area contributed by atoms with E-state index in [0.29, 0.717) is 17.7 Å². The fourth-order valence-corrected chi connectivity index (χ4v) is 2.35. The molecule has 1 aliphatic rings. The van der Waals surface area contributed by atoms with Gasteiger partial charge in [-0.05, 0) is 34.1 Å². The van der Waals surface area contributed by atoms with Gasteiger partial charge in [0, 0.05) is 11.6 Å². The third-order valence-corrected chi connectivity index (χ3v) is 3.30. The first-order valence-corrected chi connectivity index (χ1v) is 6.64. The van der Waals surface area contributed by atoms with Crippen molar-refractivity contribution in [1.82, 2.24) is 0 Å². The lowest BCUT2D eigenvalue weighted by Gasteiger charge is -2.33. The number of hydrogen-bond acceptors (Lipinski definition) is 4. The molecule has 0 saturated heterocycles. The lowest BCUT2D eigenvalue weighted by atomic mass is 9.90. The number of benzene rings is 1. The van der Waals surface area contributed by atoms with E-state index < -0.39 is 5.60 Å². The van der Waals surface area contributed by atoms with Crippen LogP contribution in [0.25, 0.3) is 0 Å². The van der Waals surface area contributed by atoms with Gasteiger partial charge in [-0.15, -0.1) is 0 Å². The summed E-state index contributed by atoms with van der Waals surface area (Å²) < 4.78 is 5.84. The zero-order valence-electron chi connectivity index (χ0n) is 12.3. The molecule has 2 N–H and O–H groups in total. The van der Waals surface area contributed by atoms with Crippen LogP contribution in [0.1, 0.15) is 50.0 Å². The standard InChI is InChI=1S/C16H20O4/c1-9(2)5-6-10-11(17)7-12(18)14-13(19)8-16(3,4)20-15(10)14/h5,7,17-18H,6,8H2,1-4H3. The third-order valence-electron chi connectivity index (χ3n) is 3.30. The Bertz CT molecular complexity index is 593. The molecule has 0 fully saturated rings. The molecule has 1 heterocycles. The number of ketones is 1. The number of ether oxygens (including phenoxy) is 1. The number of fused-ring (bicyclic) bond motifs is 1. The zero-order chi connectivity index (χ0) is 15.1. The summed E-state index contributed by atoms with van der Waals surface area (Å²) in [6.45, 7) is 7.55. The van der Waals surface area contributed by atoms with Gasteiger partial charge in [-0.1, -0.05) is 11.6 Å². The minimum Gasteiger partial charge on any atom is -0.507 e. The normalized spacial score (nSPS) is 16.3. The van der Waals surface area contributed by atoms with Crippen LogP contribution in [-0.2, 0) is 6.42 Å². The molecule has 0 unspecified atom stereocenters. The molecule has 20 heavy (non-hydrogen) atoms. The molecular formula is C16H20O4. The van der Waals surface area contributed by atoms with Crippen LogP contribution in [-0.4, -0.2) is 21.6 Å². The molecule has 4 nitrogen and oxygen atoms in total. The number of Topliss-reactive ketones (excluding diaryl/α,β-unsaturated/α-hetero) is 1. The third kappa shape index (κ3) is 2.64. The monoisotopic (exact) mass is 276 g/mol. The van der Waals surface area contributed by atoms with Gasteiger partial charge in [-0.25, -0.2) is 0 Å². The molecule has 0 bridgehead atoms. The Morgan fingerprint density at radius 1 is 1.35 bits per heavy atom. The lowest BCUT2D eigenvalue weighted by Crippen LogP contribution is -2.36. The van der Waals surface area contributed by atoms with E-state index in [4.69, 9.17) is 4.74 Å². The molecule has 1 aliphatic heterocycles. The van der Waals surface area contributed by atoms with Crippen LogP contribution >= 0.6 is 0 Å². The highest BCUT2D eigenvalue weighted by Gasteiger charge is 2.36. The summed E-state index contributed by atoms with van der Waals surface area (Å²) in [6, 6.07) is 1.21. The molecule has 0 aliphatic carbocycles. The molecular weight excluding hydrogens is 256 g/mol. The molecule has 0 radical (unpaired) electrons. The number of rotatable bonds is 2. The van der Waals surface area contributed by atoms with Crippen molar-refractivity contribution in [2.45, 2.75) is 46.1 Å². The van der Waals surface area contributed by atoms with Crippen molar-refractivity contribution in [3.8, 4) is 17.2 Å². The van der Waals surface area contributed by atoms with E-state index in [1.807, 2.05) is 33.8 Å². The minimum absolute atomic E-state index is 0.0516. The van der Waals surface area contributed by atoms with Crippen LogP contribution in [0.2, 0.25) is 0 Å². The van der Waals surface area contributed by atoms with Gasteiger partial charge < -0.3 is 14.9 Å². The molecule has 0 amide bonds. The summed E-state index contributed by atoms with van der Waals surface area (Å²) in [5.74, 6) is -0.128. The first-order chi connectivity index (χ1) is 9.21. The molecule has 4 heteroatoms. The quantitative estimate of drug-likeness (QED) is 0.813. The van der Waals surface area contributed by atoms with Crippen LogP contribution in [0.5, 0.6) is 17.2 Å². The van der Waals surface area contributed by atoms with Gasteiger partial charge in [-0.2, -0.15) is 0 Å². The maximum atomic E-state index is 12.2. The summed E-state index contributed by atoms with van der Waals surface area (Å²) in [7, 11) is 0. The average Bonchev–Trinajstić information content (AvgIpc) is 2.24. The van der Waals surface area contributed by atoms with E-state index >= 15 is 0 Å². The van der Waals surface area contributed by atoms with E-state index in [2.05, 4.69) is 0 Å². The predicted molar refractivity (Wildman–Crippen MR) is 76.6 cm³/mol. The van der Waals surface area contributed by atoms with Crippen LogP contribution in [0.15, 0.2) is 17.7 Å². The van der Waals surface area contributed by atoms with Gasteiger partial charge in [0.25, 0.3) is 0 Å². The van der Waals surface area contributed by atoms with Crippen molar-refractivity contribution in [3.05, 3.63) is 28.8 Å². The molecule has 1 aromatic carbocycles. The summed E-state index contributed by atoms with van der Waals surface area (Å²) >= 11 is 0. The SMILES string of the molecule is CC(C)=CCc1c(O)cc(O)c2c1OC(C)(C)CC2=O. The van der Waals surface area contributed by atoms with Crippen LogP contribution < -0.4 is 4.74 Å². The van der Waals surface area contributed by atoms with E-state index in [-0.39, 0.29) is 29.3 Å². The first kappa shape index (κ1) is 14.4. The van der Waals surface area contributed by atoms with Crippen molar-refractivity contribution in [2.24, 2.45) is 0 Å². The maximum Gasteiger partial charge on any atom is 0.174 e. The largest absolute Gasteiger partial charge is 0.507 e. The van der Waals surface area contributed by atoms with Crippen molar-refractivity contribution < 1.29 is 19.7 Å². The Kier molecular flexibility index (Phi) is 3.50. The second-order valence-corrected chi connectivity index (χ2v) is 6.04. The topological polar surface area (TPSA) is 66.8 Å². The van der Waals surface area contributed by atoms with Gasteiger partial charge in [0.15, 0.2) is 5.78 Å². The van der Waals surface area contributed by atoms with E-state index in [1.54, 1.807) is 0 Å². The van der Waals surface area contributed by atoms with Gasteiger partial charge in [0.05, 0.1) is 6.42 Å². The Hall–Kier alpha value is -1.97. The second-order valence-electron chi connectivity index (χ2n) is 6.04. The van der Waals surface area contributed by atoms with E-state index in [1.165, 1.54) is 6.07 Å². The van der Waals surface area contributed by atoms with Crippen molar-refractivity contribution >= 4 is 5.78 Å². The summed E-state index contributed by atoms with van der Waals surface area (Å²) in [5, 5.41) is 19.9. The highest BCUT2D eigenvalue weighted by atomic mass is 16.5. The molecule has 1 aromatic rings. The van der Waals surface area contributed by atoms with Gasteiger partial charge in [0.2, 0.25) is 0 Å². The van der Waals surface area contributed by atoms with Crippen LogP contribution in [0, 0.1) is 0 Å². The molecule has 108 valence electrons. The number of phenolic OH excluding ortho intramolecular Hbond substituents is 2. The average molecular weight is 276 g/mol. The van der Waals surface area contributed by atoms with E-state index in [0.717, 1.165) is 5.57 Å². The Balaban J connectivity index is 2.62. The van der Waals surface area contributed by atoms with Crippen LogP contribution in [0.3, 0.4) is 0 Å². The Morgan fingerprint density at radius 3 is 2.60 bits per heavy atom. The molecule has 0 saturated carbocycles. The summed E-state index contributed by atoms with van der Waals surface area (Å²) in [6.07, 6.45) is 2.61. The molecule has 0 aromatic heterocycles. The minimum atomic E-state index is -0.635. The van der Waals surface area contributed by atoms with Crippen molar-refractivity contribution in [3.63, 3.8) is 0 Å². The van der Waals surface area contributed by atoms with E-state index in [9.17, 15) is 15.0 Å². The Morgan fingerprint density at radius 2 is 2.00 bits per heavy atom. The second kappa shape index (κ2) is 4.85. The number of phenols is 2. The number of carbonyl (C=O) groups is 1. The predicted octanol–water partition coefficient (Wildman–Crippen LogP) is 3.35. The zero-order valence-corrected chi connectivity index (χ0v) is 12.3. The first-order valence-electron chi connectivity index (χ1n) is 6.64.